The van der Waals surface area contributed by atoms with E-state index in [-0.39, 0.29) is 30.4 Å². The zero-order valence-electron chi connectivity index (χ0n) is 20.4. The van der Waals surface area contributed by atoms with Crippen molar-refractivity contribution in [3.63, 3.8) is 0 Å². The Balaban J connectivity index is 1.32. The van der Waals surface area contributed by atoms with E-state index in [9.17, 15) is 4.79 Å². The van der Waals surface area contributed by atoms with Crippen LogP contribution in [-0.4, -0.2) is 63.7 Å². The van der Waals surface area contributed by atoms with Crippen LogP contribution in [0.3, 0.4) is 0 Å². The fourth-order valence-corrected chi connectivity index (χ4v) is 6.64. The number of piperidine rings is 1. The predicted octanol–water partition coefficient (Wildman–Crippen LogP) is 3.49. The molecule has 2 aromatic carbocycles. The van der Waals surface area contributed by atoms with Gasteiger partial charge in [-0.2, -0.15) is 0 Å². The van der Waals surface area contributed by atoms with Crippen LogP contribution in [0.2, 0.25) is 0 Å². The van der Waals surface area contributed by atoms with Gasteiger partial charge in [0.05, 0.1) is 19.3 Å². The summed E-state index contributed by atoms with van der Waals surface area (Å²) in [6, 6.07) is 12.0. The summed E-state index contributed by atoms with van der Waals surface area (Å²) in [6.07, 6.45) is 6.27. The van der Waals surface area contributed by atoms with Gasteiger partial charge in [0.25, 0.3) is 0 Å². The van der Waals surface area contributed by atoms with Gasteiger partial charge in [0.1, 0.15) is 12.2 Å². The highest BCUT2D eigenvalue weighted by Gasteiger charge is 2.64. The second-order valence-corrected chi connectivity index (χ2v) is 9.93. The minimum Gasteiger partial charge on any atom is -0.482 e. The van der Waals surface area contributed by atoms with Gasteiger partial charge in [-0.3, -0.25) is 0 Å². The van der Waals surface area contributed by atoms with E-state index in [1.165, 1.54) is 18.2 Å². The molecule has 5 atom stereocenters. The summed E-state index contributed by atoms with van der Waals surface area (Å²) >= 11 is 0. The number of hydrogen-bond donors (Lipinski definition) is 0. The van der Waals surface area contributed by atoms with Crippen LogP contribution in [0.5, 0.6) is 11.5 Å². The average Bonchev–Trinajstić information content (AvgIpc) is 3.24. The van der Waals surface area contributed by atoms with Gasteiger partial charge in [-0.05, 0) is 55.8 Å². The molecule has 0 N–H and O–H groups in total. The maximum Gasteiger partial charge on any atom is 0.337 e. The molecule has 2 aliphatic heterocycles. The molecule has 2 aromatic rings. The lowest BCUT2D eigenvalue weighted by molar-refractivity contribution is -0.0757. The van der Waals surface area contributed by atoms with E-state index in [4.69, 9.17) is 23.7 Å². The van der Waals surface area contributed by atoms with Crippen molar-refractivity contribution in [2.45, 2.75) is 43.1 Å². The summed E-state index contributed by atoms with van der Waals surface area (Å²) in [6.45, 7) is 1.64. The SMILES string of the molecule is COCOc1ccc2c3c1OC1C(OCc4ccc(C(=O)OC)cc4)C=C[C@H]4[C@@H](C2)N(C)CC[C@]314. The topological polar surface area (TPSA) is 66.5 Å². The number of benzene rings is 2. The molecule has 0 aromatic heterocycles. The van der Waals surface area contributed by atoms with E-state index in [1.807, 2.05) is 18.2 Å². The fraction of sp³-hybridized carbons (Fsp3) is 0.464. The number of carbonyl (C=O) groups excluding carboxylic acids is 1. The molecule has 2 bridgehead atoms. The van der Waals surface area contributed by atoms with Crippen molar-refractivity contribution in [2.75, 3.05) is 34.6 Å². The average molecular weight is 478 g/mol. The minimum absolute atomic E-state index is 0.121. The van der Waals surface area contributed by atoms with Crippen molar-refractivity contribution in [3.8, 4) is 11.5 Å². The molecule has 6 rings (SSSR count). The zero-order chi connectivity index (χ0) is 24.2. The normalized spacial score (nSPS) is 29.9. The van der Waals surface area contributed by atoms with Crippen molar-refractivity contribution < 1.29 is 28.5 Å². The number of carbonyl (C=O) groups is 1. The van der Waals surface area contributed by atoms with Crippen LogP contribution in [0.25, 0.3) is 0 Å². The third-order valence-corrected chi connectivity index (χ3v) is 8.26. The molecule has 0 amide bonds. The Bertz CT molecular complexity index is 1160. The first-order valence-electron chi connectivity index (χ1n) is 12.2. The molecule has 7 nitrogen and oxygen atoms in total. The number of hydrogen-bond acceptors (Lipinski definition) is 7. The Morgan fingerprint density at radius 2 is 1.97 bits per heavy atom. The molecule has 0 radical (unpaired) electrons. The number of nitrogens with zero attached hydrogens (tertiary/aromatic N) is 1. The smallest absolute Gasteiger partial charge is 0.337 e. The van der Waals surface area contributed by atoms with E-state index in [1.54, 1.807) is 19.2 Å². The summed E-state index contributed by atoms with van der Waals surface area (Å²) in [5.41, 5.74) is 4.07. The molecule has 2 heterocycles. The van der Waals surface area contributed by atoms with Gasteiger partial charge in [0, 0.05) is 30.0 Å². The van der Waals surface area contributed by atoms with Crippen molar-refractivity contribution in [1.82, 2.24) is 4.90 Å². The Labute approximate surface area is 205 Å². The minimum atomic E-state index is -0.341. The van der Waals surface area contributed by atoms with Crippen LogP contribution in [-0.2, 0) is 32.7 Å². The largest absolute Gasteiger partial charge is 0.482 e. The summed E-state index contributed by atoms with van der Waals surface area (Å²) in [5, 5.41) is 0. The third-order valence-electron chi connectivity index (χ3n) is 8.26. The molecule has 1 fully saturated rings. The Morgan fingerprint density at radius 3 is 2.74 bits per heavy atom. The van der Waals surface area contributed by atoms with Gasteiger partial charge < -0.3 is 28.6 Å². The molecule has 7 heteroatoms. The molecule has 2 aliphatic carbocycles. The number of likely N-dealkylation sites (N-methyl/N-ethyl adjacent to an activating group) is 1. The Hall–Kier alpha value is -2.87. The quantitative estimate of drug-likeness (QED) is 0.344. The zero-order valence-corrected chi connectivity index (χ0v) is 20.4. The van der Waals surface area contributed by atoms with Crippen LogP contribution >= 0.6 is 0 Å². The first-order chi connectivity index (χ1) is 17.1. The standard InChI is InChI=1S/C28H31NO6/c1-29-13-12-28-20-9-11-23(33-15-17-4-6-18(7-5-17)27(30)32-3)26(28)35-25-22(34-16-31-2)10-8-19(24(25)28)14-21(20)29/h4-11,20-21,23,26H,12-16H2,1-3H3/t20-,21+,23?,26?,28-/m0/s1. The monoisotopic (exact) mass is 477 g/mol. The van der Waals surface area contributed by atoms with Crippen molar-refractivity contribution >= 4 is 5.97 Å². The summed E-state index contributed by atoms with van der Waals surface area (Å²) < 4.78 is 29.1. The fourth-order valence-electron chi connectivity index (χ4n) is 6.64. The van der Waals surface area contributed by atoms with E-state index >= 15 is 0 Å². The van der Waals surface area contributed by atoms with Crippen LogP contribution in [0.4, 0.5) is 0 Å². The second kappa shape index (κ2) is 8.66. The lowest BCUT2D eigenvalue weighted by Gasteiger charge is -2.56. The lowest BCUT2D eigenvalue weighted by atomic mass is 9.53. The van der Waals surface area contributed by atoms with Crippen LogP contribution in [0.15, 0.2) is 48.6 Å². The van der Waals surface area contributed by atoms with Gasteiger partial charge in [0.2, 0.25) is 0 Å². The van der Waals surface area contributed by atoms with Gasteiger partial charge in [0.15, 0.2) is 18.3 Å². The van der Waals surface area contributed by atoms with E-state index < -0.39 is 0 Å². The van der Waals surface area contributed by atoms with Crippen molar-refractivity contribution in [1.29, 1.82) is 0 Å². The highest BCUT2D eigenvalue weighted by Crippen LogP contribution is 2.62. The van der Waals surface area contributed by atoms with E-state index in [0.29, 0.717) is 24.1 Å². The molecule has 4 aliphatic rings. The molecule has 1 saturated heterocycles. The highest BCUT2D eigenvalue weighted by molar-refractivity contribution is 5.89. The molecular formula is C28H31NO6. The molecule has 1 spiro atoms. The van der Waals surface area contributed by atoms with Crippen molar-refractivity contribution in [2.24, 2.45) is 5.92 Å². The summed E-state index contributed by atoms with van der Waals surface area (Å²) in [5.74, 6) is 1.63. The van der Waals surface area contributed by atoms with E-state index in [0.717, 1.165) is 36.4 Å². The maximum absolute atomic E-state index is 11.7. The van der Waals surface area contributed by atoms with Crippen LogP contribution in [0, 0.1) is 5.92 Å². The van der Waals surface area contributed by atoms with Gasteiger partial charge in [-0.25, -0.2) is 4.79 Å². The summed E-state index contributed by atoms with van der Waals surface area (Å²) in [7, 11) is 5.25. The number of rotatable bonds is 7. The molecule has 2 unspecified atom stereocenters. The molecule has 35 heavy (non-hydrogen) atoms. The first kappa shape index (κ1) is 22.6. The molecule has 0 saturated carbocycles. The van der Waals surface area contributed by atoms with Crippen molar-refractivity contribution in [3.05, 3.63) is 70.8 Å². The Kier molecular flexibility index (Phi) is 5.59. The van der Waals surface area contributed by atoms with Gasteiger partial charge >= 0.3 is 5.97 Å². The predicted molar refractivity (Wildman–Crippen MR) is 129 cm³/mol. The second-order valence-electron chi connectivity index (χ2n) is 9.93. The number of methoxy groups -OCH3 is 2. The van der Waals surface area contributed by atoms with Gasteiger partial charge in [-0.1, -0.05) is 30.4 Å². The summed E-state index contributed by atoms with van der Waals surface area (Å²) in [4.78, 5) is 14.2. The first-order valence-corrected chi connectivity index (χ1v) is 12.2. The molecule has 184 valence electrons. The number of esters is 1. The maximum atomic E-state index is 11.7. The van der Waals surface area contributed by atoms with Gasteiger partial charge in [-0.15, -0.1) is 0 Å². The molecular weight excluding hydrogens is 446 g/mol. The third kappa shape index (κ3) is 3.40. The van der Waals surface area contributed by atoms with Crippen LogP contribution < -0.4 is 9.47 Å². The Morgan fingerprint density at radius 1 is 1.14 bits per heavy atom. The van der Waals surface area contributed by atoms with E-state index in [2.05, 4.69) is 30.2 Å². The number of likely N-dealkylation sites (tertiary alicyclic amines) is 1. The lowest BCUT2D eigenvalue weighted by Crippen LogP contribution is -2.65. The van der Waals surface area contributed by atoms with Crippen LogP contribution in [0.1, 0.15) is 33.5 Å². The number of ether oxygens (including phenoxy) is 5. The highest BCUT2D eigenvalue weighted by atomic mass is 16.7.